The Hall–Kier alpha value is -3.02. The predicted molar refractivity (Wildman–Crippen MR) is 138 cm³/mol. The fourth-order valence-electron chi connectivity index (χ4n) is 8.35. The highest BCUT2D eigenvalue weighted by atomic mass is 19.1. The van der Waals surface area contributed by atoms with Gasteiger partial charge < -0.3 is 15.9 Å². The second kappa shape index (κ2) is 9.25. The highest BCUT2D eigenvalue weighted by molar-refractivity contribution is 6.32. The molecule has 3 fully saturated rings. The number of nitrogens with two attached hydrogens (primary N) is 1. The first-order valence-corrected chi connectivity index (χ1v) is 14.0. The third kappa shape index (κ3) is 3.53. The van der Waals surface area contributed by atoms with Crippen molar-refractivity contribution in [2.24, 2.45) is 29.4 Å². The minimum atomic E-state index is -2.79. The molecule has 3 saturated carbocycles. The van der Waals surface area contributed by atoms with Crippen molar-refractivity contribution in [1.29, 1.82) is 0 Å². The molecule has 0 aromatic heterocycles. The quantitative estimate of drug-likeness (QED) is 0.446. The van der Waals surface area contributed by atoms with Gasteiger partial charge in [-0.15, -0.1) is 0 Å². The minimum absolute atomic E-state index is 0.0416. The number of ketones is 4. The van der Waals surface area contributed by atoms with E-state index in [0.29, 0.717) is 36.7 Å². The molecule has 1 aromatic carbocycles. The van der Waals surface area contributed by atoms with E-state index in [1.807, 2.05) is 0 Å². The Balaban J connectivity index is 1.43. The maximum atomic E-state index is 16.0. The largest absolute Gasteiger partial charge is 0.507 e. The number of fused-ring (bicyclic) bond motifs is 4. The van der Waals surface area contributed by atoms with Crippen LogP contribution in [0.25, 0.3) is 0 Å². The second-order valence-corrected chi connectivity index (χ2v) is 12.4. The molecule has 6 atom stereocenters. The highest BCUT2D eigenvalue weighted by Gasteiger charge is 2.69. The summed E-state index contributed by atoms with van der Waals surface area (Å²) in [6, 6.07) is -0.856. The Labute approximate surface area is 230 Å². The van der Waals surface area contributed by atoms with Gasteiger partial charge in [-0.2, -0.15) is 0 Å². The summed E-state index contributed by atoms with van der Waals surface area (Å²) in [5, 5.41) is 23.0. The third-order valence-electron chi connectivity index (χ3n) is 10.2. The highest BCUT2D eigenvalue weighted by Crippen LogP contribution is 2.52. The zero-order chi connectivity index (χ0) is 28.8. The van der Waals surface area contributed by atoms with Crippen molar-refractivity contribution in [2.45, 2.75) is 69.2 Å². The summed E-state index contributed by atoms with van der Waals surface area (Å²) in [5.41, 5.74) is 3.06. The van der Waals surface area contributed by atoms with Crippen molar-refractivity contribution in [1.82, 2.24) is 9.80 Å². The zero-order valence-electron chi connectivity index (χ0n) is 22.6. The number of Topliss-reactive ketones (excluding diaryl/α,β-unsaturated/α-hetero) is 4. The maximum Gasteiger partial charge on any atom is 0.235 e. The number of likely N-dealkylation sites (N-methyl/N-ethyl adjacent to an activating group) is 1. The van der Waals surface area contributed by atoms with Gasteiger partial charge in [0.25, 0.3) is 0 Å². The molecule has 6 rings (SSSR count). The lowest BCUT2D eigenvalue weighted by Crippen LogP contribution is -2.74. The molecule has 40 heavy (non-hydrogen) atoms. The third-order valence-corrected chi connectivity index (χ3v) is 10.2. The summed E-state index contributed by atoms with van der Waals surface area (Å²) >= 11 is 0. The lowest BCUT2D eigenvalue weighted by Gasteiger charge is -2.52. The molecule has 0 bridgehead atoms. The lowest BCUT2D eigenvalue weighted by molar-refractivity contribution is -0.181. The molecular formula is C29H34FN3O7. The van der Waals surface area contributed by atoms with Crippen molar-refractivity contribution >= 4 is 29.0 Å². The number of rotatable bonds is 3. The number of aliphatic hydroxyl groups is 1. The van der Waals surface area contributed by atoms with Crippen LogP contribution in [0.1, 0.15) is 59.2 Å². The topological polar surface area (TPSA) is 158 Å². The summed E-state index contributed by atoms with van der Waals surface area (Å²) in [5.74, 6) is -11.9. The summed E-state index contributed by atoms with van der Waals surface area (Å²) in [4.78, 5) is 70.2. The molecular weight excluding hydrogens is 521 g/mol. The number of hydrogen-bond acceptors (Lipinski definition) is 9. The second-order valence-electron chi connectivity index (χ2n) is 12.4. The van der Waals surface area contributed by atoms with Crippen LogP contribution in [0.2, 0.25) is 0 Å². The van der Waals surface area contributed by atoms with Gasteiger partial charge in [0.2, 0.25) is 5.91 Å². The molecule has 4 N–H and O–H groups in total. The van der Waals surface area contributed by atoms with E-state index in [1.54, 1.807) is 0 Å². The summed E-state index contributed by atoms with van der Waals surface area (Å²) in [6.07, 6.45) is 4.50. The molecule has 0 radical (unpaired) electrons. The monoisotopic (exact) mass is 555 g/mol. The fraction of sp³-hybridized carbons (Fsp3) is 0.621. The molecule has 1 aliphatic heterocycles. The van der Waals surface area contributed by atoms with E-state index in [9.17, 15) is 34.2 Å². The van der Waals surface area contributed by atoms with Crippen LogP contribution in [0.3, 0.4) is 0 Å². The van der Waals surface area contributed by atoms with E-state index in [-0.39, 0.29) is 29.7 Å². The van der Waals surface area contributed by atoms with Gasteiger partial charge in [-0.25, -0.2) is 4.39 Å². The first-order valence-electron chi connectivity index (χ1n) is 14.0. The van der Waals surface area contributed by atoms with E-state index >= 15 is 4.39 Å². The molecule has 4 aliphatic carbocycles. The Morgan fingerprint density at radius 3 is 2.38 bits per heavy atom. The number of primary amides is 1. The maximum absolute atomic E-state index is 16.0. The van der Waals surface area contributed by atoms with E-state index in [1.165, 1.54) is 19.0 Å². The molecule has 1 aromatic rings. The number of aromatic hydroxyl groups is 1. The number of benzene rings is 1. The van der Waals surface area contributed by atoms with Gasteiger partial charge in [0, 0.05) is 36.2 Å². The lowest BCUT2D eigenvalue weighted by atomic mass is 9.52. The van der Waals surface area contributed by atoms with Crippen LogP contribution >= 0.6 is 0 Å². The van der Waals surface area contributed by atoms with Crippen LogP contribution in [-0.4, -0.2) is 87.4 Å². The molecule has 0 saturated heterocycles. The first-order chi connectivity index (χ1) is 18.9. The number of phenols is 1. The van der Waals surface area contributed by atoms with Crippen LogP contribution < -0.4 is 5.73 Å². The normalized spacial score (nSPS) is 34.5. The van der Waals surface area contributed by atoms with Crippen LogP contribution in [0.4, 0.5) is 4.39 Å². The Kier molecular flexibility index (Phi) is 6.28. The summed E-state index contributed by atoms with van der Waals surface area (Å²) in [7, 11) is 3.04. The Morgan fingerprint density at radius 2 is 1.75 bits per heavy atom. The Bertz CT molecular complexity index is 1370. The molecule has 0 spiro atoms. The minimum Gasteiger partial charge on any atom is -0.507 e. The number of nitrogens with zero attached hydrogens (tertiary/aromatic N) is 2. The molecule has 10 nitrogen and oxygen atoms in total. The van der Waals surface area contributed by atoms with Crippen molar-refractivity contribution < 1.29 is 38.6 Å². The number of amides is 1. The van der Waals surface area contributed by atoms with Crippen LogP contribution in [0.15, 0.2) is 0 Å². The average Bonchev–Trinajstić information content (AvgIpc) is 3.44. The van der Waals surface area contributed by atoms with E-state index in [2.05, 4.69) is 4.90 Å². The van der Waals surface area contributed by atoms with E-state index in [4.69, 9.17) is 5.73 Å². The van der Waals surface area contributed by atoms with Crippen molar-refractivity contribution in [3.8, 4) is 5.75 Å². The van der Waals surface area contributed by atoms with Gasteiger partial charge in [-0.1, -0.05) is 12.8 Å². The first kappa shape index (κ1) is 27.2. The van der Waals surface area contributed by atoms with Gasteiger partial charge in [0.05, 0.1) is 17.5 Å². The van der Waals surface area contributed by atoms with E-state index in [0.717, 1.165) is 25.7 Å². The molecule has 11 heteroatoms. The van der Waals surface area contributed by atoms with Gasteiger partial charge in [0.1, 0.15) is 11.6 Å². The Morgan fingerprint density at radius 1 is 1.07 bits per heavy atom. The molecule has 1 amide bonds. The van der Waals surface area contributed by atoms with Gasteiger partial charge in [-0.3, -0.25) is 33.8 Å². The number of carbonyl (C=O) groups excluding carboxylic acids is 5. The average molecular weight is 556 g/mol. The van der Waals surface area contributed by atoms with Gasteiger partial charge in [0.15, 0.2) is 34.7 Å². The zero-order valence-corrected chi connectivity index (χ0v) is 22.6. The van der Waals surface area contributed by atoms with Crippen molar-refractivity contribution in [3.63, 3.8) is 0 Å². The van der Waals surface area contributed by atoms with Gasteiger partial charge >= 0.3 is 0 Å². The standard InChI is InChI=1S/C29H34FN3O7/c1-32(2)22-17-10-12-9-15-19(23(34)16-11-33(13-5-3-4-6-13)8-7-14(16)21(15)30)24(35)18(12)26(37)29(17,40)27(38)20(25(22)36)28(31)39/h12-13,17-18,20,22,34,40H,3-11H2,1-2H3,(H2,31,39)/t12-,17-,18?,20?,22-,29-/m0/s1. The smallest absolute Gasteiger partial charge is 0.235 e. The van der Waals surface area contributed by atoms with Crippen LogP contribution in [-0.2, 0) is 38.6 Å². The van der Waals surface area contributed by atoms with Gasteiger partial charge in [-0.05, 0) is 57.7 Å². The van der Waals surface area contributed by atoms with Crippen molar-refractivity contribution in [2.75, 3.05) is 20.6 Å². The number of halogens is 1. The SMILES string of the molecule is CN(C)[C@@H]1C(=O)C(C(N)=O)C(=O)[C@@]2(O)C(=O)C3C(=O)c4c(O)c5c(c(F)c4C[C@H]3C[C@@H]12)CCN(C1CCCC1)C5. The fourth-order valence-corrected chi connectivity index (χ4v) is 8.35. The van der Waals surface area contributed by atoms with Crippen LogP contribution in [0.5, 0.6) is 5.75 Å². The summed E-state index contributed by atoms with van der Waals surface area (Å²) in [6.45, 7) is 0.943. The molecule has 1 heterocycles. The molecule has 2 unspecified atom stereocenters. The predicted octanol–water partition coefficient (Wildman–Crippen LogP) is 0.307. The number of hydrogen-bond donors (Lipinski definition) is 3. The number of carbonyl (C=O) groups is 5. The van der Waals surface area contributed by atoms with E-state index < -0.39 is 70.2 Å². The molecule has 214 valence electrons. The van der Waals surface area contributed by atoms with Crippen molar-refractivity contribution in [3.05, 3.63) is 28.1 Å². The van der Waals surface area contributed by atoms with Crippen LogP contribution in [0, 0.1) is 29.5 Å². The molecule has 5 aliphatic rings. The summed E-state index contributed by atoms with van der Waals surface area (Å²) < 4.78 is 16.0. The number of phenolic OH excluding ortho intramolecular Hbond substituents is 1.